The van der Waals surface area contributed by atoms with E-state index in [0.29, 0.717) is 17.1 Å². The smallest absolute Gasteiger partial charge is 0.266 e. The molecule has 2 aromatic rings. The second-order valence-electron chi connectivity index (χ2n) is 4.17. The lowest BCUT2D eigenvalue weighted by molar-refractivity contribution is 0.145. The molecule has 1 N–H and O–H groups in total. The Labute approximate surface area is 116 Å². The first-order valence-electron chi connectivity index (χ1n) is 6.08. The monoisotopic (exact) mass is 276 g/mol. The molecule has 2 rings (SSSR count). The lowest BCUT2D eigenvalue weighted by Crippen LogP contribution is -2.24. The molecule has 0 fully saturated rings. The van der Waals surface area contributed by atoms with Gasteiger partial charge in [0.05, 0.1) is 20.8 Å². The van der Waals surface area contributed by atoms with Crippen LogP contribution < -0.4 is 15.0 Å². The highest BCUT2D eigenvalue weighted by Gasteiger charge is 2.16. The van der Waals surface area contributed by atoms with Crippen LogP contribution in [0, 0.1) is 0 Å². The quantitative estimate of drug-likeness (QED) is 0.881. The van der Waals surface area contributed by atoms with Gasteiger partial charge in [-0.25, -0.2) is 4.68 Å². The molecule has 1 aromatic heterocycles. The topological polar surface area (TPSA) is 73.6 Å². The van der Waals surface area contributed by atoms with Gasteiger partial charge < -0.3 is 14.6 Å². The second-order valence-corrected chi connectivity index (χ2v) is 4.17. The molecule has 0 saturated carbocycles. The molecule has 0 radical (unpaired) electrons. The molecular formula is C14H16N2O4. The SMILES string of the molecule is COc1ccc(OC)c(C(O)Cn2ncccc2=O)c1. The van der Waals surface area contributed by atoms with Crippen LogP contribution in [-0.4, -0.2) is 29.1 Å². The largest absolute Gasteiger partial charge is 0.497 e. The van der Waals surface area contributed by atoms with Crippen LogP contribution in [0.2, 0.25) is 0 Å². The lowest BCUT2D eigenvalue weighted by atomic mass is 10.1. The van der Waals surface area contributed by atoms with E-state index in [1.807, 2.05) is 0 Å². The van der Waals surface area contributed by atoms with Crippen molar-refractivity contribution < 1.29 is 14.6 Å². The van der Waals surface area contributed by atoms with Crippen LogP contribution in [0.1, 0.15) is 11.7 Å². The number of aliphatic hydroxyl groups excluding tert-OH is 1. The van der Waals surface area contributed by atoms with Crippen molar-refractivity contribution in [1.82, 2.24) is 9.78 Å². The third-order valence-electron chi connectivity index (χ3n) is 2.93. The van der Waals surface area contributed by atoms with Crippen molar-refractivity contribution in [2.75, 3.05) is 14.2 Å². The zero-order valence-electron chi connectivity index (χ0n) is 11.3. The molecule has 0 aliphatic carbocycles. The van der Waals surface area contributed by atoms with Gasteiger partial charge in [-0.15, -0.1) is 0 Å². The summed E-state index contributed by atoms with van der Waals surface area (Å²) in [6.45, 7) is 0.0448. The third-order valence-corrected chi connectivity index (χ3v) is 2.93. The maximum atomic E-state index is 11.6. The molecule has 1 atom stereocenters. The van der Waals surface area contributed by atoms with Gasteiger partial charge in [0, 0.05) is 17.8 Å². The molecule has 0 spiro atoms. The van der Waals surface area contributed by atoms with Crippen LogP contribution in [0.15, 0.2) is 41.3 Å². The number of methoxy groups -OCH3 is 2. The van der Waals surface area contributed by atoms with E-state index in [4.69, 9.17) is 9.47 Å². The number of rotatable bonds is 5. The minimum atomic E-state index is -0.923. The summed E-state index contributed by atoms with van der Waals surface area (Å²) in [5.41, 5.74) is 0.276. The predicted octanol–water partition coefficient (Wildman–Crippen LogP) is 0.994. The van der Waals surface area contributed by atoms with Crippen molar-refractivity contribution in [3.05, 3.63) is 52.4 Å². The Morgan fingerprint density at radius 3 is 2.75 bits per heavy atom. The Balaban J connectivity index is 2.31. The standard InChI is InChI=1S/C14H16N2O4/c1-19-10-5-6-13(20-2)11(8-10)12(17)9-16-14(18)4-3-7-15-16/h3-8,12,17H,9H2,1-2H3. The minimum Gasteiger partial charge on any atom is -0.497 e. The summed E-state index contributed by atoms with van der Waals surface area (Å²) in [5, 5.41) is 14.2. The van der Waals surface area contributed by atoms with Crippen molar-refractivity contribution in [2.45, 2.75) is 12.6 Å². The number of aromatic nitrogens is 2. The van der Waals surface area contributed by atoms with Crippen LogP contribution in [-0.2, 0) is 6.54 Å². The maximum Gasteiger partial charge on any atom is 0.266 e. The van der Waals surface area contributed by atoms with E-state index >= 15 is 0 Å². The fourth-order valence-corrected chi connectivity index (χ4v) is 1.89. The number of hydrogen-bond acceptors (Lipinski definition) is 5. The molecule has 0 amide bonds. The Morgan fingerprint density at radius 2 is 2.10 bits per heavy atom. The van der Waals surface area contributed by atoms with Crippen molar-refractivity contribution in [2.24, 2.45) is 0 Å². The molecule has 6 nitrogen and oxygen atoms in total. The Bertz CT molecular complexity index is 639. The van der Waals surface area contributed by atoms with Gasteiger partial charge >= 0.3 is 0 Å². The average molecular weight is 276 g/mol. The number of aliphatic hydroxyl groups is 1. The normalized spacial score (nSPS) is 11.9. The van der Waals surface area contributed by atoms with Gasteiger partial charge in [-0.2, -0.15) is 5.10 Å². The molecule has 20 heavy (non-hydrogen) atoms. The molecule has 1 aromatic carbocycles. The van der Waals surface area contributed by atoms with Crippen LogP contribution in [0.4, 0.5) is 0 Å². The first-order chi connectivity index (χ1) is 9.65. The number of ether oxygens (including phenoxy) is 2. The highest BCUT2D eigenvalue weighted by atomic mass is 16.5. The van der Waals surface area contributed by atoms with Gasteiger partial charge in [-0.3, -0.25) is 4.79 Å². The van der Waals surface area contributed by atoms with E-state index in [2.05, 4.69) is 5.10 Å². The zero-order chi connectivity index (χ0) is 14.5. The third kappa shape index (κ3) is 2.97. The van der Waals surface area contributed by atoms with Crippen LogP contribution in [0.5, 0.6) is 11.5 Å². The number of hydrogen-bond donors (Lipinski definition) is 1. The molecule has 1 heterocycles. The van der Waals surface area contributed by atoms with Gasteiger partial charge in [0.25, 0.3) is 5.56 Å². The first kappa shape index (κ1) is 14.1. The summed E-state index contributed by atoms with van der Waals surface area (Å²) >= 11 is 0. The lowest BCUT2D eigenvalue weighted by Gasteiger charge is -2.16. The first-order valence-corrected chi connectivity index (χ1v) is 6.08. The molecule has 0 saturated heterocycles. The van der Waals surface area contributed by atoms with Gasteiger partial charge in [-0.05, 0) is 24.3 Å². The highest BCUT2D eigenvalue weighted by molar-refractivity contribution is 5.41. The Morgan fingerprint density at radius 1 is 1.30 bits per heavy atom. The summed E-state index contributed by atoms with van der Waals surface area (Å²) in [4.78, 5) is 11.6. The Hall–Kier alpha value is -2.34. The maximum absolute atomic E-state index is 11.6. The minimum absolute atomic E-state index is 0.0448. The molecule has 1 unspecified atom stereocenters. The summed E-state index contributed by atoms with van der Waals surface area (Å²) in [6, 6.07) is 8.07. The summed E-state index contributed by atoms with van der Waals surface area (Å²) in [7, 11) is 3.06. The number of benzene rings is 1. The van der Waals surface area contributed by atoms with E-state index < -0.39 is 6.10 Å². The molecule has 6 heteroatoms. The van der Waals surface area contributed by atoms with E-state index in [1.54, 1.807) is 31.4 Å². The summed E-state index contributed by atoms with van der Waals surface area (Å²) < 4.78 is 11.5. The van der Waals surface area contributed by atoms with Crippen molar-refractivity contribution in [1.29, 1.82) is 0 Å². The van der Waals surface area contributed by atoms with E-state index in [9.17, 15) is 9.90 Å². The molecular weight excluding hydrogens is 260 g/mol. The zero-order valence-corrected chi connectivity index (χ0v) is 11.3. The fourth-order valence-electron chi connectivity index (χ4n) is 1.89. The van der Waals surface area contributed by atoms with Gasteiger partial charge in [-0.1, -0.05) is 0 Å². The van der Waals surface area contributed by atoms with Crippen LogP contribution in [0.25, 0.3) is 0 Å². The van der Waals surface area contributed by atoms with Crippen molar-refractivity contribution in [3.8, 4) is 11.5 Å². The van der Waals surface area contributed by atoms with Gasteiger partial charge in [0.2, 0.25) is 0 Å². The predicted molar refractivity (Wildman–Crippen MR) is 73.0 cm³/mol. The highest BCUT2D eigenvalue weighted by Crippen LogP contribution is 2.29. The fraction of sp³-hybridized carbons (Fsp3) is 0.286. The van der Waals surface area contributed by atoms with Gasteiger partial charge in [0.15, 0.2) is 0 Å². The van der Waals surface area contributed by atoms with E-state index in [0.717, 1.165) is 0 Å². The van der Waals surface area contributed by atoms with Crippen LogP contribution >= 0.6 is 0 Å². The Kier molecular flexibility index (Phi) is 4.37. The second kappa shape index (κ2) is 6.21. The van der Waals surface area contributed by atoms with Gasteiger partial charge in [0.1, 0.15) is 17.6 Å². The van der Waals surface area contributed by atoms with Crippen molar-refractivity contribution >= 4 is 0 Å². The van der Waals surface area contributed by atoms with E-state index in [1.165, 1.54) is 24.1 Å². The van der Waals surface area contributed by atoms with E-state index in [-0.39, 0.29) is 12.1 Å². The molecule has 0 aliphatic rings. The summed E-state index contributed by atoms with van der Waals surface area (Å²) in [6.07, 6.45) is 0.573. The molecule has 0 aliphatic heterocycles. The molecule has 106 valence electrons. The van der Waals surface area contributed by atoms with Crippen molar-refractivity contribution in [3.63, 3.8) is 0 Å². The average Bonchev–Trinajstić information content (AvgIpc) is 2.48. The number of nitrogens with zero attached hydrogens (tertiary/aromatic N) is 2. The summed E-state index contributed by atoms with van der Waals surface area (Å²) in [5.74, 6) is 1.13. The molecule has 0 bridgehead atoms. The van der Waals surface area contributed by atoms with Crippen LogP contribution in [0.3, 0.4) is 0 Å².